The van der Waals surface area contributed by atoms with Gasteiger partial charge in [-0.25, -0.2) is 0 Å². The Hall–Kier alpha value is -1.05. The van der Waals surface area contributed by atoms with Gasteiger partial charge in [0.1, 0.15) is 0 Å². The van der Waals surface area contributed by atoms with Gasteiger partial charge in [0.15, 0.2) is 0 Å². The van der Waals surface area contributed by atoms with Crippen molar-refractivity contribution in [2.24, 2.45) is 5.92 Å². The molecule has 0 spiro atoms. The molecular formula is C8H10O2. The van der Waals surface area contributed by atoms with Crippen LogP contribution in [-0.2, 0) is 4.79 Å². The number of rotatable bonds is 1. The zero-order chi connectivity index (χ0) is 7.40. The maximum Gasteiger partial charge on any atom is 0.307 e. The minimum Gasteiger partial charge on any atom is -0.481 e. The molecule has 0 saturated heterocycles. The van der Waals surface area contributed by atoms with Crippen LogP contribution in [0.3, 0.4) is 0 Å². The average Bonchev–Trinajstić information content (AvgIpc) is 2.12. The van der Waals surface area contributed by atoms with Gasteiger partial charge < -0.3 is 5.11 Å². The summed E-state index contributed by atoms with van der Waals surface area (Å²) in [5.74, 6) is -0.911. The van der Waals surface area contributed by atoms with Crippen molar-refractivity contribution in [1.29, 1.82) is 0 Å². The van der Waals surface area contributed by atoms with Crippen LogP contribution in [0.2, 0.25) is 0 Å². The third kappa shape index (κ3) is 1.72. The van der Waals surface area contributed by atoms with Gasteiger partial charge in [-0.3, -0.25) is 4.79 Å². The van der Waals surface area contributed by atoms with Crippen LogP contribution in [0.4, 0.5) is 0 Å². The maximum atomic E-state index is 10.4. The van der Waals surface area contributed by atoms with E-state index in [4.69, 9.17) is 5.11 Å². The molecule has 0 amide bonds. The summed E-state index contributed by atoms with van der Waals surface area (Å²) in [4.78, 5) is 10.4. The lowest BCUT2D eigenvalue weighted by Gasteiger charge is -2.03. The van der Waals surface area contributed by atoms with Crippen molar-refractivity contribution >= 4 is 5.97 Å². The van der Waals surface area contributed by atoms with Gasteiger partial charge >= 0.3 is 5.97 Å². The van der Waals surface area contributed by atoms with Crippen LogP contribution in [0.1, 0.15) is 12.8 Å². The molecule has 0 aromatic heterocycles. The SMILES string of the molecule is O=C(O)C1CC=CC=CC1. The van der Waals surface area contributed by atoms with E-state index in [1.165, 1.54) is 0 Å². The lowest BCUT2D eigenvalue weighted by Crippen LogP contribution is -2.10. The predicted octanol–water partition coefficient (Wildman–Crippen LogP) is 1.59. The first-order valence-corrected chi connectivity index (χ1v) is 3.35. The lowest BCUT2D eigenvalue weighted by molar-refractivity contribution is -0.141. The second kappa shape index (κ2) is 3.20. The normalized spacial score (nSPS) is 18.8. The van der Waals surface area contributed by atoms with Crippen molar-refractivity contribution < 1.29 is 9.90 Å². The fourth-order valence-electron chi connectivity index (χ4n) is 0.941. The van der Waals surface area contributed by atoms with Gasteiger partial charge in [-0.2, -0.15) is 0 Å². The van der Waals surface area contributed by atoms with Gasteiger partial charge in [-0.05, 0) is 12.8 Å². The number of carboxylic acid groups (broad SMARTS) is 1. The summed E-state index contributed by atoms with van der Waals surface area (Å²) in [5, 5.41) is 8.60. The molecular weight excluding hydrogens is 128 g/mol. The monoisotopic (exact) mass is 138 g/mol. The third-order valence-electron chi connectivity index (χ3n) is 1.57. The number of aliphatic carboxylic acids is 1. The maximum absolute atomic E-state index is 10.4. The van der Waals surface area contributed by atoms with Crippen LogP contribution in [0, 0.1) is 5.92 Å². The average molecular weight is 138 g/mol. The van der Waals surface area contributed by atoms with Crippen LogP contribution < -0.4 is 0 Å². The fraction of sp³-hybridized carbons (Fsp3) is 0.375. The fourth-order valence-corrected chi connectivity index (χ4v) is 0.941. The molecule has 0 aromatic carbocycles. The molecule has 0 heterocycles. The second-order valence-corrected chi connectivity index (χ2v) is 2.36. The first-order chi connectivity index (χ1) is 4.80. The summed E-state index contributed by atoms with van der Waals surface area (Å²) < 4.78 is 0. The molecule has 0 saturated carbocycles. The molecule has 2 heteroatoms. The van der Waals surface area contributed by atoms with Gasteiger partial charge in [0.05, 0.1) is 5.92 Å². The van der Waals surface area contributed by atoms with Gasteiger partial charge in [-0.1, -0.05) is 24.3 Å². The molecule has 0 radical (unpaired) electrons. The summed E-state index contributed by atoms with van der Waals surface area (Å²) in [5.41, 5.74) is 0. The molecule has 54 valence electrons. The number of allylic oxidation sites excluding steroid dienone is 4. The molecule has 10 heavy (non-hydrogen) atoms. The Bertz CT molecular complexity index is 166. The molecule has 2 nitrogen and oxygen atoms in total. The topological polar surface area (TPSA) is 37.3 Å². The molecule has 1 aliphatic rings. The zero-order valence-electron chi connectivity index (χ0n) is 5.66. The van der Waals surface area contributed by atoms with Crippen LogP contribution in [0.5, 0.6) is 0 Å². The van der Waals surface area contributed by atoms with E-state index in [1.807, 2.05) is 24.3 Å². The molecule has 0 bridgehead atoms. The van der Waals surface area contributed by atoms with Crippen LogP contribution in [0.25, 0.3) is 0 Å². The smallest absolute Gasteiger partial charge is 0.307 e. The van der Waals surface area contributed by atoms with E-state index in [2.05, 4.69) is 0 Å². The van der Waals surface area contributed by atoms with Gasteiger partial charge in [0.2, 0.25) is 0 Å². The van der Waals surface area contributed by atoms with E-state index in [-0.39, 0.29) is 5.92 Å². The summed E-state index contributed by atoms with van der Waals surface area (Å²) in [6.07, 6.45) is 8.88. The molecule has 1 N–H and O–H groups in total. The molecule has 1 rings (SSSR count). The molecule has 0 fully saturated rings. The second-order valence-electron chi connectivity index (χ2n) is 2.36. The van der Waals surface area contributed by atoms with E-state index >= 15 is 0 Å². The highest BCUT2D eigenvalue weighted by molar-refractivity contribution is 5.70. The standard InChI is InChI=1S/C8H10O2/c9-8(10)7-5-3-1-2-4-6-7/h1-4,7H,5-6H2,(H,9,10). The van der Waals surface area contributed by atoms with Crippen molar-refractivity contribution in [2.75, 3.05) is 0 Å². The minimum absolute atomic E-state index is 0.213. The highest BCUT2D eigenvalue weighted by Crippen LogP contribution is 2.13. The summed E-state index contributed by atoms with van der Waals surface area (Å²) >= 11 is 0. The Morgan fingerprint density at radius 2 is 1.80 bits per heavy atom. The van der Waals surface area contributed by atoms with Gasteiger partial charge in [-0.15, -0.1) is 0 Å². The predicted molar refractivity (Wildman–Crippen MR) is 38.6 cm³/mol. The quantitative estimate of drug-likeness (QED) is 0.597. The van der Waals surface area contributed by atoms with E-state index in [0.717, 1.165) is 0 Å². The van der Waals surface area contributed by atoms with Crippen molar-refractivity contribution in [3.63, 3.8) is 0 Å². The van der Waals surface area contributed by atoms with Crippen molar-refractivity contribution in [1.82, 2.24) is 0 Å². The number of hydrogen-bond donors (Lipinski definition) is 1. The van der Waals surface area contributed by atoms with Crippen molar-refractivity contribution in [2.45, 2.75) is 12.8 Å². The molecule has 1 aliphatic carbocycles. The van der Waals surface area contributed by atoms with Crippen LogP contribution >= 0.6 is 0 Å². The van der Waals surface area contributed by atoms with Crippen LogP contribution in [0.15, 0.2) is 24.3 Å². The molecule has 0 aliphatic heterocycles. The Labute approximate surface area is 59.9 Å². The van der Waals surface area contributed by atoms with Crippen LogP contribution in [-0.4, -0.2) is 11.1 Å². The van der Waals surface area contributed by atoms with Crippen molar-refractivity contribution in [3.8, 4) is 0 Å². The molecule has 0 atom stereocenters. The van der Waals surface area contributed by atoms with E-state index in [9.17, 15) is 4.79 Å². The third-order valence-corrected chi connectivity index (χ3v) is 1.57. The van der Waals surface area contributed by atoms with E-state index in [0.29, 0.717) is 12.8 Å². The van der Waals surface area contributed by atoms with Gasteiger partial charge in [0, 0.05) is 0 Å². The van der Waals surface area contributed by atoms with E-state index < -0.39 is 5.97 Å². The first-order valence-electron chi connectivity index (χ1n) is 3.35. The lowest BCUT2D eigenvalue weighted by atomic mass is 10.0. The number of hydrogen-bond acceptors (Lipinski definition) is 1. The zero-order valence-corrected chi connectivity index (χ0v) is 5.66. The van der Waals surface area contributed by atoms with Gasteiger partial charge in [0.25, 0.3) is 0 Å². The number of carbonyl (C=O) groups is 1. The highest BCUT2D eigenvalue weighted by atomic mass is 16.4. The summed E-state index contributed by atoms with van der Waals surface area (Å²) in [6.45, 7) is 0. The van der Waals surface area contributed by atoms with E-state index in [1.54, 1.807) is 0 Å². The Kier molecular flexibility index (Phi) is 2.26. The summed E-state index contributed by atoms with van der Waals surface area (Å²) in [6, 6.07) is 0. The Morgan fingerprint density at radius 1 is 1.30 bits per heavy atom. The Balaban J connectivity index is 2.55. The first kappa shape index (κ1) is 7.06. The Morgan fingerprint density at radius 3 is 2.20 bits per heavy atom. The highest BCUT2D eigenvalue weighted by Gasteiger charge is 2.13. The minimum atomic E-state index is -0.698. The van der Waals surface area contributed by atoms with Crippen molar-refractivity contribution in [3.05, 3.63) is 24.3 Å². The molecule has 0 aromatic rings. The molecule has 0 unspecified atom stereocenters. The largest absolute Gasteiger partial charge is 0.481 e. The summed E-state index contributed by atoms with van der Waals surface area (Å²) in [7, 11) is 0. The number of carboxylic acids is 1.